The number of thiol groups is 1. The molecule has 0 bridgehead atoms. The van der Waals surface area contributed by atoms with Crippen LogP contribution in [0.15, 0.2) is 0 Å². The van der Waals surface area contributed by atoms with Crippen LogP contribution in [0.5, 0.6) is 0 Å². The highest BCUT2D eigenvalue weighted by atomic mass is 32.1. The Bertz CT molecular complexity index is 351. The summed E-state index contributed by atoms with van der Waals surface area (Å²) >= 11 is 3.69. The van der Waals surface area contributed by atoms with Crippen molar-refractivity contribution in [2.75, 3.05) is 0 Å². The lowest BCUT2D eigenvalue weighted by atomic mass is 10.0. The summed E-state index contributed by atoms with van der Waals surface area (Å²) in [6.07, 6.45) is -0.203. The van der Waals surface area contributed by atoms with Crippen LogP contribution in [-0.2, 0) is 9.53 Å². The fraction of sp³-hybridized carbons (Fsp3) is 0.750. The van der Waals surface area contributed by atoms with E-state index in [1.54, 1.807) is 20.8 Å². The van der Waals surface area contributed by atoms with Gasteiger partial charge in [0.05, 0.1) is 0 Å². The molecule has 2 amide bonds. The van der Waals surface area contributed by atoms with Gasteiger partial charge in [-0.2, -0.15) is 0 Å². The predicted octanol–water partition coefficient (Wildman–Crippen LogP) is 1.91. The molecule has 0 rings (SSSR count). The predicted molar refractivity (Wildman–Crippen MR) is 77.5 cm³/mol. The summed E-state index contributed by atoms with van der Waals surface area (Å²) in [7, 11) is 0. The fourth-order valence-electron chi connectivity index (χ4n) is 1.36. The molecule has 6 nitrogen and oxygen atoms in total. The van der Waals surface area contributed by atoms with E-state index in [-0.39, 0.29) is 11.1 Å². The zero-order chi connectivity index (χ0) is 15.2. The Morgan fingerprint density at radius 1 is 1.32 bits per heavy atom. The van der Waals surface area contributed by atoms with Crippen LogP contribution in [0.1, 0.15) is 41.0 Å². The molecule has 110 valence electrons. The lowest BCUT2D eigenvalue weighted by Crippen LogP contribution is -2.49. The molecule has 0 aliphatic rings. The summed E-state index contributed by atoms with van der Waals surface area (Å²) in [4.78, 5) is 23.5. The van der Waals surface area contributed by atoms with E-state index in [1.807, 2.05) is 13.8 Å². The smallest absolute Gasteiger partial charge is 0.408 e. The maximum absolute atomic E-state index is 11.8. The third kappa shape index (κ3) is 9.35. The Hall–Kier alpha value is -1.24. The molecule has 3 N–H and O–H groups in total. The molecule has 0 aromatic rings. The molecule has 0 aliphatic carbocycles. The number of carbonyl (C=O) groups excluding carboxylic acids is 2. The summed E-state index contributed by atoms with van der Waals surface area (Å²) < 4.78 is 5.10. The molecule has 0 aliphatic heterocycles. The SMILES string of the molecule is CC(C)CC(NC(=O)OC(C)(C)C)C(=O)NC(=N)S. The lowest BCUT2D eigenvalue weighted by Gasteiger charge is -2.24. The van der Waals surface area contributed by atoms with Gasteiger partial charge in [0.1, 0.15) is 11.6 Å². The van der Waals surface area contributed by atoms with Crippen molar-refractivity contribution in [3.8, 4) is 0 Å². The third-order valence-electron chi connectivity index (χ3n) is 1.96. The molecule has 1 atom stereocenters. The van der Waals surface area contributed by atoms with Gasteiger partial charge in [-0.15, -0.1) is 12.6 Å². The standard InChI is InChI=1S/C12H23N3O3S/c1-7(2)6-8(9(16)15-10(13)19)14-11(17)18-12(3,4)5/h7-8H,6H2,1-5H3,(H,14,17)(H3,13,15,16,19). The number of carbonyl (C=O) groups is 2. The molecule has 0 fully saturated rings. The van der Waals surface area contributed by atoms with Crippen molar-refractivity contribution in [1.82, 2.24) is 10.6 Å². The van der Waals surface area contributed by atoms with E-state index in [0.29, 0.717) is 6.42 Å². The van der Waals surface area contributed by atoms with Gasteiger partial charge in [0.25, 0.3) is 0 Å². The van der Waals surface area contributed by atoms with Gasteiger partial charge >= 0.3 is 6.09 Å². The molecule has 19 heavy (non-hydrogen) atoms. The highest BCUT2D eigenvalue weighted by molar-refractivity contribution is 7.96. The summed E-state index contributed by atoms with van der Waals surface area (Å²) in [5.41, 5.74) is -0.626. The highest BCUT2D eigenvalue weighted by Gasteiger charge is 2.25. The van der Waals surface area contributed by atoms with Crippen LogP contribution >= 0.6 is 12.6 Å². The van der Waals surface area contributed by atoms with Gasteiger partial charge in [-0.25, -0.2) is 4.79 Å². The number of hydrogen-bond acceptors (Lipinski definition) is 4. The van der Waals surface area contributed by atoms with E-state index in [0.717, 1.165) is 0 Å². The van der Waals surface area contributed by atoms with E-state index < -0.39 is 23.6 Å². The Morgan fingerprint density at radius 2 is 1.84 bits per heavy atom. The Labute approximate surface area is 119 Å². The molecular formula is C12H23N3O3S. The summed E-state index contributed by atoms with van der Waals surface area (Å²) in [6, 6.07) is -0.748. The van der Waals surface area contributed by atoms with Gasteiger partial charge in [-0.05, 0) is 33.1 Å². The first-order chi connectivity index (χ1) is 8.51. The van der Waals surface area contributed by atoms with E-state index in [1.165, 1.54) is 0 Å². The maximum Gasteiger partial charge on any atom is 0.408 e. The Morgan fingerprint density at radius 3 is 2.21 bits per heavy atom. The third-order valence-corrected chi connectivity index (χ3v) is 2.07. The quantitative estimate of drug-likeness (QED) is 0.362. The number of amidine groups is 1. The van der Waals surface area contributed by atoms with Crippen LogP contribution in [0.25, 0.3) is 0 Å². The Balaban J connectivity index is 4.63. The molecule has 0 saturated heterocycles. The van der Waals surface area contributed by atoms with Gasteiger partial charge in [0.15, 0.2) is 5.17 Å². The number of ether oxygens (including phenoxy) is 1. The molecule has 0 aromatic carbocycles. The molecule has 1 unspecified atom stereocenters. The van der Waals surface area contributed by atoms with Crippen molar-refractivity contribution in [3.63, 3.8) is 0 Å². The van der Waals surface area contributed by atoms with Crippen LogP contribution in [-0.4, -0.2) is 28.8 Å². The Kier molecular flexibility index (Phi) is 6.89. The average molecular weight is 289 g/mol. The van der Waals surface area contributed by atoms with Crippen LogP contribution < -0.4 is 10.6 Å². The molecule has 7 heteroatoms. The van der Waals surface area contributed by atoms with Crippen LogP contribution in [0, 0.1) is 11.3 Å². The minimum absolute atomic E-state index is 0.208. The van der Waals surface area contributed by atoms with Crippen LogP contribution in [0.4, 0.5) is 4.79 Å². The second-order valence-corrected chi connectivity index (χ2v) is 6.11. The van der Waals surface area contributed by atoms with Gasteiger partial charge in [0, 0.05) is 0 Å². The summed E-state index contributed by atoms with van der Waals surface area (Å²) in [6.45, 7) is 9.10. The first kappa shape index (κ1) is 17.8. The molecule has 0 heterocycles. The van der Waals surface area contributed by atoms with Crippen molar-refractivity contribution < 1.29 is 14.3 Å². The normalized spacial score (nSPS) is 12.8. The monoisotopic (exact) mass is 289 g/mol. The number of rotatable bonds is 4. The van der Waals surface area contributed by atoms with E-state index in [4.69, 9.17) is 10.1 Å². The van der Waals surface area contributed by atoms with E-state index in [9.17, 15) is 9.59 Å². The summed E-state index contributed by atoms with van der Waals surface area (Å²) in [5, 5.41) is 11.6. The van der Waals surface area contributed by atoms with Gasteiger partial charge in [-0.3, -0.25) is 10.2 Å². The molecule has 0 spiro atoms. The van der Waals surface area contributed by atoms with Crippen molar-refractivity contribution >= 4 is 29.8 Å². The van der Waals surface area contributed by atoms with Crippen molar-refractivity contribution in [3.05, 3.63) is 0 Å². The zero-order valence-corrected chi connectivity index (χ0v) is 12.9. The second kappa shape index (κ2) is 7.37. The summed E-state index contributed by atoms with van der Waals surface area (Å²) in [5.74, 6) is -0.264. The highest BCUT2D eigenvalue weighted by Crippen LogP contribution is 2.09. The molecule has 0 aromatic heterocycles. The van der Waals surface area contributed by atoms with Crippen molar-refractivity contribution in [2.24, 2.45) is 5.92 Å². The zero-order valence-electron chi connectivity index (χ0n) is 12.0. The van der Waals surface area contributed by atoms with E-state index in [2.05, 4.69) is 23.3 Å². The molecule has 0 saturated carbocycles. The minimum atomic E-state index is -0.748. The van der Waals surface area contributed by atoms with Crippen molar-refractivity contribution in [2.45, 2.75) is 52.7 Å². The first-order valence-electron chi connectivity index (χ1n) is 6.09. The van der Waals surface area contributed by atoms with Crippen molar-refractivity contribution in [1.29, 1.82) is 5.41 Å². The van der Waals surface area contributed by atoms with Crippen LogP contribution in [0.2, 0.25) is 0 Å². The maximum atomic E-state index is 11.8. The fourth-order valence-corrected chi connectivity index (χ4v) is 1.47. The largest absolute Gasteiger partial charge is 0.444 e. The van der Waals surface area contributed by atoms with E-state index >= 15 is 0 Å². The van der Waals surface area contributed by atoms with Gasteiger partial charge in [0.2, 0.25) is 5.91 Å². The number of nitrogens with one attached hydrogen (secondary N) is 3. The number of amides is 2. The average Bonchev–Trinajstić information content (AvgIpc) is 2.11. The van der Waals surface area contributed by atoms with Crippen LogP contribution in [0.3, 0.4) is 0 Å². The number of hydrogen-bond donors (Lipinski definition) is 4. The second-order valence-electron chi connectivity index (χ2n) is 5.67. The molecule has 0 radical (unpaired) electrons. The van der Waals surface area contributed by atoms with Gasteiger partial charge < -0.3 is 15.4 Å². The minimum Gasteiger partial charge on any atom is -0.444 e. The lowest BCUT2D eigenvalue weighted by molar-refractivity contribution is -0.122. The molecular weight excluding hydrogens is 266 g/mol. The van der Waals surface area contributed by atoms with Gasteiger partial charge in [-0.1, -0.05) is 13.8 Å². The first-order valence-corrected chi connectivity index (χ1v) is 6.54. The topological polar surface area (TPSA) is 91.3 Å². The number of alkyl carbamates (subject to hydrolysis) is 1.